The lowest BCUT2D eigenvalue weighted by Crippen LogP contribution is -2.66. The van der Waals surface area contributed by atoms with E-state index >= 15 is 0 Å². The zero-order chi connectivity index (χ0) is 44.7. The fraction of sp³-hybridized carbons (Fsp3) is 0.377. The van der Waals surface area contributed by atoms with Gasteiger partial charge in [0.15, 0.2) is 0 Å². The fourth-order valence-corrected chi connectivity index (χ4v) is 12.5. The maximum Gasteiger partial charge on any atom is 0.408 e. The lowest BCUT2D eigenvalue weighted by molar-refractivity contribution is -0.217. The molecule has 1 amide bonds. The maximum atomic E-state index is 13.4. The van der Waals surface area contributed by atoms with Crippen molar-refractivity contribution in [2.24, 2.45) is 5.73 Å². The highest BCUT2D eigenvalue weighted by Crippen LogP contribution is 2.37. The minimum atomic E-state index is -2.87. The van der Waals surface area contributed by atoms with E-state index in [1.165, 1.54) is 10.4 Å². The highest BCUT2D eigenvalue weighted by Gasteiger charge is 2.50. The molecule has 1 fully saturated rings. The molecule has 1 aliphatic rings. The number of alkyl carbamates (subject to hydrolysis) is 1. The number of hydrogen-bond donors (Lipinski definition) is 2. The second-order valence-corrected chi connectivity index (χ2v) is 22.3. The van der Waals surface area contributed by atoms with Crippen LogP contribution in [0, 0.1) is 11.8 Å². The van der Waals surface area contributed by atoms with E-state index < -0.39 is 56.5 Å². The average Bonchev–Trinajstić information content (AvgIpc) is 3.27. The zero-order valence-corrected chi connectivity index (χ0v) is 38.6. The molecule has 10 heteroatoms. The van der Waals surface area contributed by atoms with Crippen molar-refractivity contribution in [1.82, 2.24) is 5.32 Å². The molecule has 0 saturated carbocycles. The van der Waals surface area contributed by atoms with Crippen molar-refractivity contribution in [3.05, 3.63) is 168 Å². The summed E-state index contributed by atoms with van der Waals surface area (Å²) in [5, 5.41) is 5.12. The summed E-state index contributed by atoms with van der Waals surface area (Å²) in [6, 6.07) is 49.5. The van der Waals surface area contributed by atoms with Crippen molar-refractivity contribution in [2.75, 3.05) is 13.2 Å². The molecule has 0 bridgehead atoms. The van der Waals surface area contributed by atoms with Gasteiger partial charge in [-0.15, -0.1) is 0 Å². The van der Waals surface area contributed by atoms with Gasteiger partial charge in [0.25, 0.3) is 8.32 Å². The molecule has 1 heterocycles. The first-order chi connectivity index (χ1) is 30.3. The molecule has 0 aliphatic carbocycles. The summed E-state index contributed by atoms with van der Waals surface area (Å²) in [7, 11) is -2.87. The number of benzene rings is 5. The molecule has 1 aliphatic heterocycles. The number of nitrogens with two attached hydrogens (primary N) is 1. The molecule has 6 atom stereocenters. The zero-order valence-electron chi connectivity index (χ0n) is 37.6. The Morgan fingerprint density at radius 3 is 1.62 bits per heavy atom. The SMILES string of the molecule is CC(C)(C)OC(=O)N[C@@H](C#C[C@@H]1O[C@H](COCc2ccccc2)[C@@H](OCc2ccccc2)[C@H](OCc2ccccc2)[C@H]1N)CCO[Si](c1ccccc1)(c1ccccc1)C(C)(C)C. The van der Waals surface area contributed by atoms with E-state index in [2.05, 4.69) is 86.5 Å². The topological polar surface area (TPSA) is 111 Å². The van der Waals surface area contributed by atoms with Gasteiger partial charge in [0.2, 0.25) is 0 Å². The summed E-state index contributed by atoms with van der Waals surface area (Å²) < 4.78 is 39.4. The van der Waals surface area contributed by atoms with Gasteiger partial charge in [0, 0.05) is 13.0 Å². The van der Waals surface area contributed by atoms with Gasteiger partial charge in [-0.3, -0.25) is 0 Å². The summed E-state index contributed by atoms with van der Waals surface area (Å²) in [5.74, 6) is 6.68. The minimum Gasteiger partial charge on any atom is -0.444 e. The summed E-state index contributed by atoms with van der Waals surface area (Å²) in [4.78, 5) is 13.4. The Bertz CT molecular complexity index is 2130. The Morgan fingerprint density at radius 2 is 1.14 bits per heavy atom. The van der Waals surface area contributed by atoms with Gasteiger partial charge in [0.1, 0.15) is 30.0 Å². The van der Waals surface area contributed by atoms with Crippen LogP contribution in [0.2, 0.25) is 5.04 Å². The standard InChI is InChI=1S/C53H64N2O7Si/c1-52(2,3)62-51(56)55-43(34-35-60-63(53(4,5)6,44-28-18-10-19-29-44)45-30-20-11-21-31-45)32-33-46-48(54)50(59-38-42-26-16-9-17-27-42)49(58-37-41-24-14-8-15-25-41)47(61-46)39-57-36-40-22-12-7-13-23-40/h7-31,43,46-50H,34-39,54H2,1-6H3,(H,55,56)/t43-,46-,47+,48-,49+,50+/m0/s1. The fourth-order valence-electron chi connectivity index (χ4n) is 7.94. The molecule has 0 spiro atoms. The molecule has 5 aromatic carbocycles. The third kappa shape index (κ3) is 13.5. The van der Waals surface area contributed by atoms with E-state index in [0.717, 1.165) is 16.7 Å². The first-order valence-electron chi connectivity index (χ1n) is 21.9. The van der Waals surface area contributed by atoms with Crippen LogP contribution in [-0.4, -0.2) is 69.7 Å². The molecule has 332 valence electrons. The Hall–Kier alpha value is -5.09. The molecule has 6 rings (SSSR count). The normalized spacial score (nSPS) is 19.6. The molecule has 1 saturated heterocycles. The van der Waals surface area contributed by atoms with Crippen molar-refractivity contribution in [3.8, 4) is 11.8 Å². The van der Waals surface area contributed by atoms with Crippen molar-refractivity contribution in [2.45, 2.75) is 115 Å². The van der Waals surface area contributed by atoms with Gasteiger partial charge in [-0.1, -0.05) is 184 Å². The minimum absolute atomic E-state index is 0.205. The van der Waals surface area contributed by atoms with Crippen molar-refractivity contribution in [3.63, 3.8) is 0 Å². The second kappa shape index (κ2) is 22.5. The van der Waals surface area contributed by atoms with Crippen molar-refractivity contribution < 1.29 is 32.9 Å². The number of amides is 1. The monoisotopic (exact) mass is 868 g/mol. The number of nitrogens with one attached hydrogen (secondary N) is 1. The molecule has 0 unspecified atom stereocenters. The van der Waals surface area contributed by atoms with Crippen LogP contribution >= 0.6 is 0 Å². The average molecular weight is 869 g/mol. The highest BCUT2D eigenvalue weighted by molar-refractivity contribution is 6.99. The molecule has 0 radical (unpaired) electrons. The van der Waals surface area contributed by atoms with Gasteiger partial charge in [-0.05, 0) is 52.9 Å². The van der Waals surface area contributed by atoms with E-state index in [9.17, 15) is 4.79 Å². The molecule has 0 aromatic heterocycles. The Kier molecular flexibility index (Phi) is 16.9. The van der Waals surface area contributed by atoms with Crippen molar-refractivity contribution in [1.29, 1.82) is 0 Å². The van der Waals surface area contributed by atoms with Gasteiger partial charge in [0.05, 0.1) is 38.5 Å². The van der Waals surface area contributed by atoms with Gasteiger partial charge in [-0.2, -0.15) is 0 Å². The molecule has 9 nitrogen and oxygen atoms in total. The van der Waals surface area contributed by atoms with E-state index in [0.29, 0.717) is 32.8 Å². The van der Waals surface area contributed by atoms with Crippen LogP contribution in [0.4, 0.5) is 4.79 Å². The molecule has 63 heavy (non-hydrogen) atoms. The van der Waals surface area contributed by atoms with E-state index in [-0.39, 0.29) is 11.6 Å². The molecule has 5 aromatic rings. The second-order valence-electron chi connectivity index (χ2n) is 18.0. The first-order valence-corrected chi connectivity index (χ1v) is 23.8. The lowest BCUT2D eigenvalue weighted by Gasteiger charge is -2.44. The number of rotatable bonds is 17. The van der Waals surface area contributed by atoms with E-state index in [1.54, 1.807) is 0 Å². The number of ether oxygens (including phenoxy) is 5. The van der Waals surface area contributed by atoms with Crippen LogP contribution in [0.1, 0.15) is 64.7 Å². The summed E-state index contributed by atoms with van der Waals surface area (Å²) >= 11 is 0. The van der Waals surface area contributed by atoms with Gasteiger partial charge < -0.3 is 39.2 Å². The maximum absolute atomic E-state index is 13.4. The van der Waals surface area contributed by atoms with Gasteiger partial charge >= 0.3 is 6.09 Å². The van der Waals surface area contributed by atoms with Crippen LogP contribution < -0.4 is 21.4 Å². The molecular weight excluding hydrogens is 805 g/mol. The quantitative estimate of drug-likeness (QED) is 0.0710. The highest BCUT2D eigenvalue weighted by atomic mass is 28.4. The Morgan fingerprint density at radius 1 is 0.683 bits per heavy atom. The van der Waals surface area contributed by atoms with Crippen LogP contribution in [0.25, 0.3) is 0 Å². The van der Waals surface area contributed by atoms with Crippen molar-refractivity contribution >= 4 is 24.8 Å². The Balaban J connectivity index is 1.30. The van der Waals surface area contributed by atoms with Crippen LogP contribution in [0.15, 0.2) is 152 Å². The van der Waals surface area contributed by atoms with E-state index in [1.807, 2.05) is 124 Å². The van der Waals surface area contributed by atoms with Gasteiger partial charge in [-0.25, -0.2) is 4.79 Å². The largest absolute Gasteiger partial charge is 0.444 e. The third-order valence-electron chi connectivity index (χ3n) is 10.9. The van der Waals surface area contributed by atoms with Crippen LogP contribution in [0.5, 0.6) is 0 Å². The number of hydrogen-bond acceptors (Lipinski definition) is 8. The molecular formula is C53H64N2O7Si. The third-order valence-corrected chi connectivity index (χ3v) is 16.0. The predicted molar refractivity (Wildman–Crippen MR) is 252 cm³/mol. The summed E-state index contributed by atoms with van der Waals surface area (Å²) in [5.41, 5.74) is 9.46. The summed E-state index contributed by atoms with van der Waals surface area (Å²) in [6.45, 7) is 13.8. The van der Waals surface area contributed by atoms with E-state index in [4.69, 9.17) is 33.8 Å². The number of carbonyl (C=O) groups is 1. The molecule has 3 N–H and O–H groups in total. The predicted octanol–water partition coefficient (Wildman–Crippen LogP) is 8.33. The smallest absolute Gasteiger partial charge is 0.408 e. The number of carbonyl (C=O) groups excluding carboxylic acids is 1. The van der Waals surface area contributed by atoms with Crippen LogP contribution in [-0.2, 0) is 47.9 Å². The lowest BCUT2D eigenvalue weighted by atomic mass is 9.92. The summed E-state index contributed by atoms with van der Waals surface area (Å²) in [6.07, 6.45) is -2.80. The first kappa shape index (κ1) is 47.4. The van der Waals surface area contributed by atoms with Crippen LogP contribution in [0.3, 0.4) is 0 Å². The Labute approximate surface area is 375 Å².